The van der Waals surface area contributed by atoms with Crippen LogP contribution in [0.1, 0.15) is 47.1 Å². The normalized spacial score (nSPS) is 16.4. The predicted molar refractivity (Wildman–Crippen MR) is 117 cm³/mol. The molecule has 3 rings (SSSR count). The molecule has 30 heavy (non-hydrogen) atoms. The van der Waals surface area contributed by atoms with Crippen molar-refractivity contribution in [1.82, 2.24) is 19.9 Å². The molecule has 1 aliphatic rings. The lowest BCUT2D eigenvalue weighted by Crippen LogP contribution is -2.55. The molecule has 1 aliphatic heterocycles. The van der Waals surface area contributed by atoms with Crippen LogP contribution < -0.4 is 9.64 Å². The summed E-state index contributed by atoms with van der Waals surface area (Å²) in [4.78, 5) is 29.0. The third kappa shape index (κ3) is 6.86. The Morgan fingerprint density at radius 3 is 2.33 bits per heavy atom. The molecule has 8 heteroatoms. The molecule has 1 saturated heterocycles. The monoisotopic (exact) mass is 415 g/mol. The molecular formula is C22H33N5O3. The first-order chi connectivity index (χ1) is 14.3. The van der Waals surface area contributed by atoms with Crippen molar-refractivity contribution in [3.05, 3.63) is 42.5 Å². The fraction of sp³-hybridized carbons (Fsp3) is 0.545. The Hall–Kier alpha value is -2.90. The van der Waals surface area contributed by atoms with Crippen LogP contribution in [0.2, 0.25) is 0 Å². The number of aromatic nitrogens is 3. The average Bonchev–Trinajstić information content (AvgIpc) is 2.74. The Bertz CT molecular complexity index is 778. The van der Waals surface area contributed by atoms with E-state index in [4.69, 9.17) is 9.47 Å². The van der Waals surface area contributed by atoms with E-state index in [1.807, 2.05) is 53.7 Å². The number of piperazine rings is 1. The van der Waals surface area contributed by atoms with Crippen LogP contribution in [-0.2, 0) is 11.3 Å². The Labute approximate surface area is 179 Å². The highest BCUT2D eigenvalue weighted by Gasteiger charge is 2.30. The van der Waals surface area contributed by atoms with Crippen molar-refractivity contribution in [3.8, 4) is 5.75 Å². The van der Waals surface area contributed by atoms with Crippen LogP contribution in [-0.4, -0.2) is 57.2 Å². The number of nitrogens with zero attached hydrogens (tertiary/aromatic N) is 5. The maximum atomic E-state index is 12.3. The zero-order chi connectivity index (χ0) is 22.1. The lowest BCUT2D eigenvalue weighted by Gasteiger charge is -2.40. The second kappa shape index (κ2) is 10.8. The summed E-state index contributed by atoms with van der Waals surface area (Å²) in [5.41, 5.74) is 0.540. The third-order valence-corrected chi connectivity index (χ3v) is 4.31. The van der Waals surface area contributed by atoms with E-state index in [0.29, 0.717) is 37.9 Å². The van der Waals surface area contributed by atoms with Gasteiger partial charge in [0.05, 0.1) is 12.4 Å². The smallest absolute Gasteiger partial charge is 0.410 e. The molecular weight excluding hydrogens is 382 g/mol. The number of rotatable bonds is 4. The highest BCUT2D eigenvalue weighted by atomic mass is 16.6. The van der Waals surface area contributed by atoms with Crippen molar-refractivity contribution in [3.63, 3.8) is 0 Å². The summed E-state index contributed by atoms with van der Waals surface area (Å²) in [6.45, 7) is 13.9. The van der Waals surface area contributed by atoms with Crippen LogP contribution in [0.15, 0.2) is 36.9 Å². The fourth-order valence-corrected chi connectivity index (χ4v) is 2.92. The first-order valence-electron chi connectivity index (χ1n) is 10.4. The van der Waals surface area contributed by atoms with E-state index in [-0.39, 0.29) is 12.1 Å². The molecule has 0 spiro atoms. The van der Waals surface area contributed by atoms with E-state index in [1.165, 1.54) is 0 Å². The van der Waals surface area contributed by atoms with Gasteiger partial charge in [0.2, 0.25) is 5.95 Å². The maximum Gasteiger partial charge on any atom is 0.410 e. The van der Waals surface area contributed by atoms with Crippen molar-refractivity contribution in [2.75, 3.05) is 24.5 Å². The standard InChI is InChI=1S/C20H27N5O3.C2H6/c1-15-13-24(19(26)28-20(2,3)4)9-10-25(15)18-22-11-17(12-23-18)27-14-16-5-7-21-8-6-16;1-2/h5-8,11-12,15H,9-10,13-14H2,1-4H3;1-2H3/t15-;/m1./s1. The highest BCUT2D eigenvalue weighted by molar-refractivity contribution is 5.68. The van der Waals surface area contributed by atoms with Crippen LogP contribution >= 0.6 is 0 Å². The lowest BCUT2D eigenvalue weighted by atomic mass is 10.2. The summed E-state index contributed by atoms with van der Waals surface area (Å²) in [7, 11) is 0. The molecule has 0 aromatic carbocycles. The Morgan fingerprint density at radius 1 is 1.13 bits per heavy atom. The molecule has 164 valence electrons. The van der Waals surface area contributed by atoms with Gasteiger partial charge in [-0.1, -0.05) is 13.8 Å². The van der Waals surface area contributed by atoms with E-state index in [2.05, 4.69) is 19.9 Å². The van der Waals surface area contributed by atoms with Crippen LogP contribution in [0.4, 0.5) is 10.7 Å². The van der Waals surface area contributed by atoms with Gasteiger partial charge < -0.3 is 19.3 Å². The Kier molecular flexibility index (Phi) is 8.38. The first kappa shape index (κ1) is 23.4. The van der Waals surface area contributed by atoms with E-state index >= 15 is 0 Å². The molecule has 2 aromatic heterocycles. The summed E-state index contributed by atoms with van der Waals surface area (Å²) in [6, 6.07) is 3.90. The number of hydrogen-bond acceptors (Lipinski definition) is 7. The van der Waals surface area contributed by atoms with Gasteiger partial charge in [0.15, 0.2) is 5.75 Å². The second-order valence-electron chi connectivity index (χ2n) is 7.83. The minimum absolute atomic E-state index is 0.0878. The second-order valence-corrected chi connectivity index (χ2v) is 7.83. The van der Waals surface area contributed by atoms with E-state index in [1.54, 1.807) is 29.7 Å². The van der Waals surface area contributed by atoms with Crippen LogP contribution in [0.5, 0.6) is 5.75 Å². The van der Waals surface area contributed by atoms with Gasteiger partial charge >= 0.3 is 6.09 Å². The number of amides is 1. The molecule has 0 unspecified atom stereocenters. The summed E-state index contributed by atoms with van der Waals surface area (Å²) < 4.78 is 11.2. The number of ether oxygens (including phenoxy) is 2. The topological polar surface area (TPSA) is 80.7 Å². The number of hydrogen-bond donors (Lipinski definition) is 0. The van der Waals surface area contributed by atoms with Crippen molar-refractivity contribution < 1.29 is 14.3 Å². The van der Waals surface area contributed by atoms with E-state index in [9.17, 15) is 4.79 Å². The van der Waals surface area contributed by atoms with Crippen LogP contribution in [0.25, 0.3) is 0 Å². The van der Waals surface area contributed by atoms with Crippen LogP contribution in [0.3, 0.4) is 0 Å². The van der Waals surface area contributed by atoms with Crippen molar-refractivity contribution in [2.24, 2.45) is 0 Å². The average molecular weight is 416 g/mol. The molecule has 3 heterocycles. The number of anilines is 1. The van der Waals surface area contributed by atoms with Gasteiger partial charge in [-0.2, -0.15) is 0 Å². The minimum Gasteiger partial charge on any atom is -0.486 e. The maximum absolute atomic E-state index is 12.3. The summed E-state index contributed by atoms with van der Waals surface area (Å²) >= 11 is 0. The van der Waals surface area contributed by atoms with E-state index in [0.717, 1.165) is 5.56 Å². The summed E-state index contributed by atoms with van der Waals surface area (Å²) in [5.74, 6) is 1.24. The summed E-state index contributed by atoms with van der Waals surface area (Å²) in [5, 5.41) is 0. The molecule has 0 N–H and O–H groups in total. The molecule has 0 radical (unpaired) electrons. The van der Waals surface area contributed by atoms with Crippen molar-refractivity contribution >= 4 is 12.0 Å². The molecule has 1 fully saturated rings. The zero-order valence-electron chi connectivity index (χ0n) is 18.8. The molecule has 0 bridgehead atoms. The van der Waals surface area contributed by atoms with E-state index < -0.39 is 5.60 Å². The van der Waals surface area contributed by atoms with Gasteiger partial charge in [-0.15, -0.1) is 0 Å². The minimum atomic E-state index is -0.493. The van der Waals surface area contributed by atoms with Crippen molar-refractivity contribution in [2.45, 2.75) is 59.8 Å². The van der Waals surface area contributed by atoms with Gasteiger partial charge in [0, 0.05) is 38.1 Å². The SMILES string of the molecule is CC.C[C@@H]1CN(C(=O)OC(C)(C)C)CCN1c1ncc(OCc2ccncc2)cn1. The Morgan fingerprint density at radius 2 is 1.77 bits per heavy atom. The molecule has 2 aromatic rings. The van der Waals surface area contributed by atoms with Crippen LogP contribution in [0, 0.1) is 0 Å². The largest absolute Gasteiger partial charge is 0.486 e. The molecule has 1 atom stereocenters. The van der Waals surface area contributed by atoms with Gasteiger partial charge in [-0.05, 0) is 45.4 Å². The number of pyridine rings is 1. The van der Waals surface area contributed by atoms with Gasteiger partial charge in [-0.3, -0.25) is 4.98 Å². The number of carbonyl (C=O) groups excluding carboxylic acids is 1. The fourth-order valence-electron chi connectivity index (χ4n) is 2.92. The molecule has 8 nitrogen and oxygen atoms in total. The molecule has 0 aliphatic carbocycles. The third-order valence-electron chi connectivity index (χ3n) is 4.31. The van der Waals surface area contributed by atoms with Gasteiger partial charge in [0.25, 0.3) is 0 Å². The number of carbonyl (C=O) groups is 1. The van der Waals surface area contributed by atoms with Gasteiger partial charge in [-0.25, -0.2) is 14.8 Å². The highest BCUT2D eigenvalue weighted by Crippen LogP contribution is 2.20. The predicted octanol–water partition coefficient (Wildman–Crippen LogP) is 3.92. The quantitative estimate of drug-likeness (QED) is 0.748. The zero-order valence-corrected chi connectivity index (χ0v) is 18.8. The molecule has 0 saturated carbocycles. The Balaban J connectivity index is 0.00000155. The summed E-state index contributed by atoms with van der Waals surface area (Å²) in [6.07, 6.45) is 6.54. The van der Waals surface area contributed by atoms with Crippen molar-refractivity contribution in [1.29, 1.82) is 0 Å². The molecule has 1 amide bonds. The lowest BCUT2D eigenvalue weighted by molar-refractivity contribution is 0.0218. The first-order valence-corrected chi connectivity index (χ1v) is 10.4. The van der Waals surface area contributed by atoms with Gasteiger partial charge in [0.1, 0.15) is 12.2 Å².